The van der Waals surface area contributed by atoms with Gasteiger partial charge in [0.05, 0.1) is 5.69 Å². The highest BCUT2D eigenvalue weighted by Crippen LogP contribution is 2.20. The van der Waals surface area contributed by atoms with Crippen LogP contribution in [0.4, 0.5) is 14.5 Å². The summed E-state index contributed by atoms with van der Waals surface area (Å²) in [4.78, 5) is 24.7. The lowest BCUT2D eigenvalue weighted by molar-refractivity contribution is -0.123. The topological polar surface area (TPSA) is 49.4 Å². The van der Waals surface area contributed by atoms with Gasteiger partial charge in [-0.2, -0.15) is 0 Å². The third kappa shape index (κ3) is 4.62. The monoisotopic (exact) mass is 332 g/mol. The first-order valence-corrected chi connectivity index (χ1v) is 7.42. The Morgan fingerprint density at radius 1 is 1.08 bits per heavy atom. The fraction of sp³-hybridized carbons (Fsp3) is 0.222. The first kappa shape index (κ1) is 17.6. The number of amides is 2. The van der Waals surface area contributed by atoms with Crippen molar-refractivity contribution in [1.82, 2.24) is 5.32 Å². The number of nitrogens with zero attached hydrogens (tertiary/aromatic N) is 1. The maximum Gasteiger partial charge on any atom is 0.240 e. The number of rotatable bonds is 5. The van der Waals surface area contributed by atoms with E-state index in [0.29, 0.717) is 12.6 Å². The number of anilines is 1. The summed E-state index contributed by atoms with van der Waals surface area (Å²) in [5, 5.41) is 2.68. The maximum atomic E-state index is 13.8. The molecule has 2 amide bonds. The Balaban J connectivity index is 2.03. The maximum absolute atomic E-state index is 13.8. The average molecular weight is 332 g/mol. The molecular formula is C18H18F2N2O2. The van der Waals surface area contributed by atoms with E-state index in [0.717, 1.165) is 28.2 Å². The van der Waals surface area contributed by atoms with Crippen LogP contribution >= 0.6 is 0 Å². The molecule has 0 aliphatic heterocycles. The van der Waals surface area contributed by atoms with E-state index in [-0.39, 0.29) is 12.2 Å². The van der Waals surface area contributed by atoms with Gasteiger partial charge in [0.1, 0.15) is 18.2 Å². The molecule has 0 aliphatic carbocycles. The third-order valence-electron chi connectivity index (χ3n) is 3.49. The van der Waals surface area contributed by atoms with Gasteiger partial charge in [-0.05, 0) is 24.6 Å². The molecule has 0 saturated carbocycles. The van der Waals surface area contributed by atoms with Gasteiger partial charge in [0.25, 0.3) is 0 Å². The van der Waals surface area contributed by atoms with Crippen molar-refractivity contribution in [3.8, 4) is 0 Å². The molecule has 0 spiro atoms. The molecule has 0 unspecified atom stereocenters. The number of carbonyl (C=O) groups is 2. The third-order valence-corrected chi connectivity index (χ3v) is 3.49. The van der Waals surface area contributed by atoms with Gasteiger partial charge in [0, 0.05) is 19.5 Å². The van der Waals surface area contributed by atoms with Gasteiger partial charge < -0.3 is 10.2 Å². The van der Waals surface area contributed by atoms with Crippen LogP contribution in [0.25, 0.3) is 0 Å². The highest BCUT2D eigenvalue weighted by Gasteiger charge is 2.19. The quantitative estimate of drug-likeness (QED) is 0.915. The van der Waals surface area contributed by atoms with Gasteiger partial charge in [-0.15, -0.1) is 0 Å². The summed E-state index contributed by atoms with van der Waals surface area (Å²) in [6.07, 6.45) is 0. The van der Waals surface area contributed by atoms with E-state index in [9.17, 15) is 18.4 Å². The molecule has 2 rings (SSSR count). The second-order valence-corrected chi connectivity index (χ2v) is 5.46. The zero-order valence-electron chi connectivity index (χ0n) is 13.5. The van der Waals surface area contributed by atoms with Crippen molar-refractivity contribution in [2.24, 2.45) is 0 Å². The van der Waals surface area contributed by atoms with Gasteiger partial charge in [-0.1, -0.05) is 29.8 Å². The molecule has 2 aromatic carbocycles. The summed E-state index contributed by atoms with van der Waals surface area (Å²) >= 11 is 0. The van der Waals surface area contributed by atoms with Crippen molar-refractivity contribution in [1.29, 1.82) is 0 Å². The van der Waals surface area contributed by atoms with Crippen LogP contribution in [0.1, 0.15) is 18.1 Å². The lowest BCUT2D eigenvalue weighted by Crippen LogP contribution is -2.40. The molecule has 0 radical (unpaired) electrons. The van der Waals surface area contributed by atoms with E-state index in [1.165, 1.54) is 6.92 Å². The number of aryl methyl sites for hydroxylation is 1. The molecule has 4 nitrogen and oxygen atoms in total. The van der Waals surface area contributed by atoms with Crippen molar-refractivity contribution in [2.75, 3.05) is 11.4 Å². The summed E-state index contributed by atoms with van der Waals surface area (Å²) < 4.78 is 26.8. The van der Waals surface area contributed by atoms with Crippen LogP contribution in [0.2, 0.25) is 0 Å². The second-order valence-electron chi connectivity index (χ2n) is 5.46. The molecule has 0 fully saturated rings. The molecular weight excluding hydrogens is 314 g/mol. The van der Waals surface area contributed by atoms with Gasteiger partial charge >= 0.3 is 0 Å². The molecule has 0 aliphatic rings. The number of benzene rings is 2. The van der Waals surface area contributed by atoms with E-state index in [4.69, 9.17) is 0 Å². The largest absolute Gasteiger partial charge is 0.350 e. The van der Waals surface area contributed by atoms with Gasteiger partial charge in [0.15, 0.2) is 0 Å². The Hall–Kier alpha value is -2.76. The minimum Gasteiger partial charge on any atom is -0.350 e. The molecule has 6 heteroatoms. The second kappa shape index (κ2) is 7.68. The molecule has 1 N–H and O–H groups in total. The Bertz CT molecular complexity index is 745. The summed E-state index contributed by atoms with van der Waals surface area (Å²) in [7, 11) is 0. The molecule has 0 atom stereocenters. The first-order valence-electron chi connectivity index (χ1n) is 7.42. The normalized spacial score (nSPS) is 10.3. The van der Waals surface area contributed by atoms with Crippen molar-refractivity contribution in [2.45, 2.75) is 20.4 Å². The summed E-state index contributed by atoms with van der Waals surface area (Å²) in [6.45, 7) is 3.14. The molecule has 24 heavy (non-hydrogen) atoms. The van der Waals surface area contributed by atoms with Crippen LogP contribution < -0.4 is 10.2 Å². The van der Waals surface area contributed by atoms with Crippen LogP contribution in [-0.4, -0.2) is 18.4 Å². The Morgan fingerprint density at radius 3 is 2.33 bits per heavy atom. The number of hydrogen-bond acceptors (Lipinski definition) is 2. The predicted octanol–water partition coefficient (Wildman–Crippen LogP) is 2.94. The minimum atomic E-state index is -0.892. The van der Waals surface area contributed by atoms with Crippen molar-refractivity contribution in [3.05, 3.63) is 65.2 Å². The Labute approximate surface area is 139 Å². The van der Waals surface area contributed by atoms with Crippen LogP contribution in [0.3, 0.4) is 0 Å². The number of hydrogen-bond donors (Lipinski definition) is 1. The smallest absolute Gasteiger partial charge is 0.240 e. The number of carbonyl (C=O) groups excluding carboxylic acids is 2. The predicted molar refractivity (Wildman–Crippen MR) is 87.4 cm³/mol. The number of halogens is 2. The number of nitrogens with one attached hydrogen (secondary N) is 1. The lowest BCUT2D eigenvalue weighted by Gasteiger charge is -2.21. The average Bonchev–Trinajstić information content (AvgIpc) is 2.52. The van der Waals surface area contributed by atoms with Gasteiger partial charge in [-0.25, -0.2) is 8.78 Å². The van der Waals surface area contributed by atoms with E-state index in [1.807, 2.05) is 31.2 Å². The van der Waals surface area contributed by atoms with E-state index in [1.54, 1.807) is 0 Å². The van der Waals surface area contributed by atoms with Crippen LogP contribution in [0.5, 0.6) is 0 Å². The lowest BCUT2D eigenvalue weighted by atomic mass is 10.1. The molecule has 0 aromatic heterocycles. The van der Waals surface area contributed by atoms with Crippen LogP contribution in [0.15, 0.2) is 42.5 Å². The SMILES string of the molecule is CC(=O)N(CC(=O)NCc1ccc(C)cc1)c1ccc(F)cc1F. The van der Waals surface area contributed by atoms with Gasteiger partial charge in [0.2, 0.25) is 11.8 Å². The molecule has 0 bridgehead atoms. The zero-order valence-corrected chi connectivity index (χ0v) is 13.5. The molecule has 126 valence electrons. The van der Waals surface area contributed by atoms with E-state index >= 15 is 0 Å². The summed E-state index contributed by atoms with van der Waals surface area (Å²) in [6, 6.07) is 10.5. The fourth-order valence-corrected chi connectivity index (χ4v) is 2.17. The van der Waals surface area contributed by atoms with E-state index in [2.05, 4.69) is 5.32 Å². The van der Waals surface area contributed by atoms with Crippen molar-refractivity contribution in [3.63, 3.8) is 0 Å². The standard InChI is InChI=1S/C18H18F2N2O2/c1-12-3-5-14(6-4-12)10-21-18(24)11-22(13(2)23)17-8-7-15(19)9-16(17)20/h3-9H,10-11H2,1-2H3,(H,21,24). The zero-order chi connectivity index (χ0) is 17.7. The summed E-state index contributed by atoms with van der Waals surface area (Å²) in [5.74, 6) is -2.58. The van der Waals surface area contributed by atoms with Crippen molar-refractivity contribution < 1.29 is 18.4 Å². The fourth-order valence-electron chi connectivity index (χ4n) is 2.17. The Kier molecular flexibility index (Phi) is 5.63. The Morgan fingerprint density at radius 2 is 1.75 bits per heavy atom. The van der Waals surface area contributed by atoms with Gasteiger partial charge in [-0.3, -0.25) is 9.59 Å². The first-order chi connectivity index (χ1) is 11.4. The van der Waals surface area contributed by atoms with Crippen LogP contribution in [-0.2, 0) is 16.1 Å². The van der Waals surface area contributed by atoms with E-state index < -0.39 is 23.4 Å². The highest BCUT2D eigenvalue weighted by molar-refractivity contribution is 5.97. The molecule has 0 saturated heterocycles. The van der Waals surface area contributed by atoms with Crippen molar-refractivity contribution >= 4 is 17.5 Å². The van der Waals surface area contributed by atoms with Crippen LogP contribution in [0, 0.1) is 18.6 Å². The molecule has 0 heterocycles. The summed E-state index contributed by atoms with van der Waals surface area (Å²) in [5.41, 5.74) is 1.89. The minimum absolute atomic E-state index is 0.130. The highest BCUT2D eigenvalue weighted by atomic mass is 19.1. The molecule has 2 aromatic rings.